The number of carbonyl (C=O) groups is 2. The molecule has 2 N–H and O–H groups in total. The van der Waals surface area contributed by atoms with E-state index in [0.29, 0.717) is 48.2 Å². The number of amides is 2. The first-order chi connectivity index (χ1) is 16.4. The lowest BCUT2D eigenvalue weighted by atomic mass is 10.1. The third-order valence-corrected chi connectivity index (χ3v) is 5.67. The Bertz CT molecular complexity index is 1180. The molecule has 0 spiro atoms. The molecule has 4 rings (SSSR count). The molecule has 2 amide bonds. The number of hydrogen-bond donors (Lipinski definition) is 2. The van der Waals surface area contributed by atoms with Gasteiger partial charge in [0, 0.05) is 43.7 Å². The number of nitrogens with one attached hydrogen (secondary N) is 2. The number of fused-ring (bicyclic) bond motifs is 1. The molecular formula is C25H27F2N5O2. The van der Waals surface area contributed by atoms with Gasteiger partial charge in [-0.1, -0.05) is 19.1 Å². The fourth-order valence-corrected chi connectivity index (χ4v) is 3.91. The molecule has 0 saturated carbocycles. The minimum atomic E-state index is -0.380. The minimum absolute atomic E-state index is 0.110. The van der Waals surface area contributed by atoms with Crippen LogP contribution in [0.1, 0.15) is 32.0 Å². The van der Waals surface area contributed by atoms with Crippen LogP contribution in [0, 0.1) is 11.6 Å². The van der Waals surface area contributed by atoms with Gasteiger partial charge in [0.05, 0.1) is 6.54 Å². The van der Waals surface area contributed by atoms with E-state index in [1.807, 2.05) is 11.5 Å². The number of anilines is 2. The summed E-state index contributed by atoms with van der Waals surface area (Å²) in [5.74, 6) is 0.337. The molecule has 7 nitrogen and oxygen atoms in total. The van der Waals surface area contributed by atoms with Gasteiger partial charge in [-0.05, 0) is 42.8 Å². The summed E-state index contributed by atoms with van der Waals surface area (Å²) in [7, 11) is 0. The Balaban J connectivity index is 1.57. The van der Waals surface area contributed by atoms with E-state index in [-0.39, 0.29) is 42.8 Å². The normalized spacial score (nSPS) is 12.9. The highest BCUT2D eigenvalue weighted by Crippen LogP contribution is 2.33. The lowest BCUT2D eigenvalue weighted by molar-refractivity contribution is -0.134. The van der Waals surface area contributed by atoms with Gasteiger partial charge >= 0.3 is 0 Å². The van der Waals surface area contributed by atoms with Gasteiger partial charge in [-0.3, -0.25) is 9.59 Å². The predicted molar refractivity (Wildman–Crippen MR) is 125 cm³/mol. The standard InChI is InChI=1S/C25H27F2N5O2/c1-2-12-28-22(33)10-11-23(34)31-13-14-32-21(16-31)30-24(17-4-3-5-19(27)15-17)25(32)29-20-8-6-18(26)7-9-20/h3-9,15,29H,2,10-14,16H2,1H3,(H,28,33). The second-order valence-corrected chi connectivity index (χ2v) is 8.18. The molecule has 178 valence electrons. The zero-order valence-corrected chi connectivity index (χ0v) is 19.0. The molecule has 1 aliphatic heterocycles. The average Bonchev–Trinajstić information content (AvgIpc) is 3.20. The van der Waals surface area contributed by atoms with Crippen LogP contribution in [-0.4, -0.2) is 39.4 Å². The average molecular weight is 468 g/mol. The van der Waals surface area contributed by atoms with Gasteiger partial charge in [0.1, 0.15) is 29.0 Å². The Kier molecular flexibility index (Phi) is 7.20. The monoisotopic (exact) mass is 467 g/mol. The van der Waals surface area contributed by atoms with Crippen molar-refractivity contribution in [3.63, 3.8) is 0 Å². The molecule has 2 aromatic carbocycles. The van der Waals surface area contributed by atoms with E-state index in [1.165, 1.54) is 24.3 Å². The first-order valence-corrected chi connectivity index (χ1v) is 11.4. The van der Waals surface area contributed by atoms with Crippen molar-refractivity contribution >= 4 is 23.3 Å². The maximum Gasteiger partial charge on any atom is 0.223 e. The minimum Gasteiger partial charge on any atom is -0.356 e. The first-order valence-electron chi connectivity index (χ1n) is 11.4. The third-order valence-electron chi connectivity index (χ3n) is 5.67. The van der Waals surface area contributed by atoms with E-state index in [2.05, 4.69) is 10.6 Å². The molecule has 9 heteroatoms. The predicted octanol–water partition coefficient (Wildman–Crippen LogP) is 4.22. The maximum absolute atomic E-state index is 14.0. The van der Waals surface area contributed by atoms with Crippen LogP contribution in [0.15, 0.2) is 48.5 Å². The molecule has 34 heavy (non-hydrogen) atoms. The van der Waals surface area contributed by atoms with Gasteiger partial charge < -0.3 is 20.1 Å². The van der Waals surface area contributed by atoms with Crippen molar-refractivity contribution < 1.29 is 18.4 Å². The highest BCUT2D eigenvalue weighted by atomic mass is 19.1. The Hall–Kier alpha value is -3.75. The Morgan fingerprint density at radius 1 is 1.03 bits per heavy atom. The molecule has 0 unspecified atom stereocenters. The van der Waals surface area contributed by atoms with Crippen molar-refractivity contribution in [2.75, 3.05) is 18.4 Å². The molecule has 3 aromatic rings. The zero-order valence-electron chi connectivity index (χ0n) is 19.0. The molecule has 0 atom stereocenters. The SMILES string of the molecule is CCCNC(=O)CCC(=O)N1CCn2c(nc(-c3cccc(F)c3)c2Nc2ccc(F)cc2)C1. The van der Waals surface area contributed by atoms with E-state index in [4.69, 9.17) is 4.98 Å². The van der Waals surface area contributed by atoms with Gasteiger partial charge in [0.2, 0.25) is 11.8 Å². The Morgan fingerprint density at radius 3 is 2.56 bits per heavy atom. The molecule has 1 aliphatic rings. The molecule has 0 bridgehead atoms. The van der Waals surface area contributed by atoms with Crippen molar-refractivity contribution in [2.24, 2.45) is 0 Å². The maximum atomic E-state index is 14.0. The summed E-state index contributed by atoms with van der Waals surface area (Å²) in [4.78, 5) is 31.0. The number of carbonyl (C=O) groups excluding carboxylic acids is 2. The topological polar surface area (TPSA) is 79.3 Å². The largest absolute Gasteiger partial charge is 0.356 e. The number of imidazole rings is 1. The highest BCUT2D eigenvalue weighted by molar-refractivity contribution is 5.84. The van der Waals surface area contributed by atoms with Crippen molar-refractivity contribution in [1.29, 1.82) is 0 Å². The number of halogens is 2. The second kappa shape index (κ2) is 10.5. The van der Waals surface area contributed by atoms with Crippen molar-refractivity contribution in [3.8, 4) is 11.3 Å². The van der Waals surface area contributed by atoms with Crippen LogP contribution in [0.3, 0.4) is 0 Å². The highest BCUT2D eigenvalue weighted by Gasteiger charge is 2.27. The zero-order chi connectivity index (χ0) is 24.1. The van der Waals surface area contributed by atoms with Crippen LogP contribution in [0.25, 0.3) is 11.3 Å². The van der Waals surface area contributed by atoms with Gasteiger partial charge in [0.15, 0.2) is 0 Å². The van der Waals surface area contributed by atoms with E-state index >= 15 is 0 Å². The number of nitrogens with zero attached hydrogens (tertiary/aromatic N) is 3. The molecule has 1 aromatic heterocycles. The van der Waals surface area contributed by atoms with Crippen molar-refractivity contribution in [3.05, 3.63) is 66.0 Å². The summed E-state index contributed by atoms with van der Waals surface area (Å²) >= 11 is 0. The van der Waals surface area contributed by atoms with E-state index < -0.39 is 0 Å². The lowest BCUT2D eigenvalue weighted by Gasteiger charge is -2.28. The molecule has 2 heterocycles. The third kappa shape index (κ3) is 5.41. The quantitative estimate of drug-likeness (QED) is 0.520. The molecule has 0 fully saturated rings. The Labute approximate surface area is 196 Å². The van der Waals surface area contributed by atoms with Gasteiger partial charge in [-0.25, -0.2) is 13.8 Å². The molecule has 0 saturated heterocycles. The summed E-state index contributed by atoms with van der Waals surface area (Å²) in [6.07, 6.45) is 1.12. The lowest BCUT2D eigenvalue weighted by Crippen LogP contribution is -2.39. The van der Waals surface area contributed by atoms with Gasteiger partial charge in [-0.2, -0.15) is 0 Å². The summed E-state index contributed by atoms with van der Waals surface area (Å²) < 4.78 is 29.3. The summed E-state index contributed by atoms with van der Waals surface area (Å²) in [5, 5.41) is 6.06. The summed E-state index contributed by atoms with van der Waals surface area (Å²) in [6.45, 7) is 3.79. The van der Waals surface area contributed by atoms with Crippen LogP contribution in [0.4, 0.5) is 20.3 Å². The number of rotatable bonds is 8. The smallest absolute Gasteiger partial charge is 0.223 e. The molecule has 0 radical (unpaired) electrons. The fourth-order valence-electron chi connectivity index (χ4n) is 3.91. The fraction of sp³-hybridized carbons (Fsp3) is 0.320. The number of aromatic nitrogens is 2. The van der Waals surface area contributed by atoms with Crippen molar-refractivity contribution in [1.82, 2.24) is 19.8 Å². The van der Waals surface area contributed by atoms with Gasteiger partial charge in [-0.15, -0.1) is 0 Å². The van der Waals surface area contributed by atoms with Crippen molar-refractivity contribution in [2.45, 2.75) is 39.3 Å². The number of benzene rings is 2. The van der Waals surface area contributed by atoms with Crippen LogP contribution < -0.4 is 10.6 Å². The molecule has 0 aliphatic carbocycles. The summed E-state index contributed by atoms with van der Waals surface area (Å²) in [6, 6.07) is 12.1. The second-order valence-electron chi connectivity index (χ2n) is 8.18. The van der Waals surface area contributed by atoms with E-state index in [9.17, 15) is 18.4 Å². The van der Waals surface area contributed by atoms with Crippen LogP contribution in [0.2, 0.25) is 0 Å². The van der Waals surface area contributed by atoms with Crippen LogP contribution >= 0.6 is 0 Å². The van der Waals surface area contributed by atoms with E-state index in [1.54, 1.807) is 29.2 Å². The number of hydrogen-bond acceptors (Lipinski definition) is 4. The Morgan fingerprint density at radius 2 is 1.82 bits per heavy atom. The molecular weight excluding hydrogens is 440 g/mol. The first kappa shape index (κ1) is 23.4. The van der Waals surface area contributed by atoms with Gasteiger partial charge in [0.25, 0.3) is 0 Å². The van der Waals surface area contributed by atoms with Crippen LogP contribution in [-0.2, 0) is 22.7 Å². The van der Waals surface area contributed by atoms with E-state index in [0.717, 1.165) is 6.42 Å². The van der Waals surface area contributed by atoms with Crippen LogP contribution in [0.5, 0.6) is 0 Å². The summed E-state index contributed by atoms with van der Waals surface area (Å²) in [5.41, 5.74) is 1.81.